The van der Waals surface area contributed by atoms with Gasteiger partial charge in [-0.1, -0.05) is 18.2 Å². The van der Waals surface area contributed by atoms with Crippen LogP contribution >= 0.6 is 0 Å². The predicted molar refractivity (Wildman–Crippen MR) is 70.3 cm³/mol. The van der Waals surface area contributed by atoms with E-state index in [0.717, 1.165) is 11.3 Å². The molecular weight excluding hydrogens is 244 g/mol. The van der Waals surface area contributed by atoms with E-state index in [0.29, 0.717) is 19.3 Å². The fourth-order valence-corrected chi connectivity index (χ4v) is 2.87. The Hall–Kier alpha value is -1.84. The molecule has 19 heavy (non-hydrogen) atoms. The number of carboxylic acids is 1. The van der Waals surface area contributed by atoms with Crippen LogP contribution in [0.5, 0.6) is 5.75 Å². The molecule has 0 saturated heterocycles. The number of carbonyl (C=O) groups excluding carboxylic acids is 1. The third-order valence-corrected chi connectivity index (χ3v) is 3.79. The second-order valence-corrected chi connectivity index (χ2v) is 4.99. The lowest BCUT2D eigenvalue weighted by Crippen LogP contribution is -2.25. The summed E-state index contributed by atoms with van der Waals surface area (Å²) < 4.78 is 5.33. The van der Waals surface area contributed by atoms with Crippen molar-refractivity contribution in [3.63, 3.8) is 0 Å². The van der Waals surface area contributed by atoms with Crippen molar-refractivity contribution < 1.29 is 19.4 Å². The summed E-state index contributed by atoms with van der Waals surface area (Å²) in [4.78, 5) is 22.7. The van der Waals surface area contributed by atoms with Gasteiger partial charge in [0.1, 0.15) is 11.5 Å². The minimum absolute atomic E-state index is 0.00602. The number of methoxy groups -OCH3 is 1. The molecule has 0 aliphatic heterocycles. The van der Waals surface area contributed by atoms with E-state index in [1.54, 1.807) is 7.11 Å². The standard InChI is InChI=1S/C15H18O4/c1-19-14-5-3-2-4-12(14)13-9-11(16)7-6-10(13)8-15(17)18/h2-5,10,13H,6-9H2,1H3,(H,17,18). The van der Waals surface area contributed by atoms with Gasteiger partial charge in [-0.05, 0) is 29.9 Å². The van der Waals surface area contributed by atoms with Crippen LogP contribution in [0.15, 0.2) is 24.3 Å². The third-order valence-electron chi connectivity index (χ3n) is 3.79. The molecule has 1 aromatic carbocycles. The fourth-order valence-electron chi connectivity index (χ4n) is 2.87. The maximum Gasteiger partial charge on any atom is 0.303 e. The van der Waals surface area contributed by atoms with Gasteiger partial charge in [-0.15, -0.1) is 0 Å². The Morgan fingerprint density at radius 2 is 2.16 bits per heavy atom. The van der Waals surface area contributed by atoms with Crippen molar-refractivity contribution in [1.82, 2.24) is 0 Å². The number of rotatable bonds is 4. The Morgan fingerprint density at radius 1 is 1.42 bits per heavy atom. The highest BCUT2D eigenvalue weighted by molar-refractivity contribution is 5.81. The third kappa shape index (κ3) is 3.13. The molecule has 4 heteroatoms. The summed E-state index contributed by atoms with van der Waals surface area (Å²) in [5.74, 6) is 0.0920. The summed E-state index contributed by atoms with van der Waals surface area (Å²) in [7, 11) is 1.59. The minimum atomic E-state index is -0.806. The van der Waals surface area contributed by atoms with E-state index in [1.807, 2.05) is 24.3 Å². The van der Waals surface area contributed by atoms with E-state index < -0.39 is 5.97 Å². The number of ether oxygens (including phenoxy) is 1. The molecular formula is C15H18O4. The quantitative estimate of drug-likeness (QED) is 0.906. The van der Waals surface area contributed by atoms with Gasteiger partial charge in [0.2, 0.25) is 0 Å². The Kier molecular flexibility index (Phi) is 4.20. The molecule has 1 N–H and O–H groups in total. The van der Waals surface area contributed by atoms with Gasteiger partial charge in [0.25, 0.3) is 0 Å². The topological polar surface area (TPSA) is 63.6 Å². The Labute approximate surface area is 112 Å². The molecule has 1 fully saturated rings. The molecule has 2 atom stereocenters. The van der Waals surface area contributed by atoms with Crippen LogP contribution in [-0.2, 0) is 9.59 Å². The van der Waals surface area contributed by atoms with Crippen LogP contribution in [0.2, 0.25) is 0 Å². The molecule has 1 aliphatic rings. The lowest BCUT2D eigenvalue weighted by Gasteiger charge is -2.31. The van der Waals surface area contributed by atoms with Crippen molar-refractivity contribution in [3.05, 3.63) is 29.8 Å². The van der Waals surface area contributed by atoms with Crippen molar-refractivity contribution in [2.24, 2.45) is 5.92 Å². The molecule has 1 saturated carbocycles. The lowest BCUT2D eigenvalue weighted by atomic mass is 9.73. The number of carbonyl (C=O) groups is 2. The van der Waals surface area contributed by atoms with Crippen molar-refractivity contribution in [3.8, 4) is 5.75 Å². The molecule has 1 aliphatic carbocycles. The van der Waals surface area contributed by atoms with Crippen LogP contribution in [0.3, 0.4) is 0 Å². The van der Waals surface area contributed by atoms with Crippen LogP contribution < -0.4 is 4.74 Å². The highest BCUT2D eigenvalue weighted by Gasteiger charge is 2.33. The van der Waals surface area contributed by atoms with Crippen molar-refractivity contribution in [2.45, 2.75) is 31.6 Å². The van der Waals surface area contributed by atoms with Gasteiger partial charge < -0.3 is 9.84 Å². The van der Waals surface area contributed by atoms with Gasteiger partial charge in [0, 0.05) is 19.3 Å². The number of aliphatic carboxylic acids is 1. The predicted octanol–water partition coefficient (Wildman–Crippen LogP) is 2.62. The number of benzene rings is 1. The fraction of sp³-hybridized carbons (Fsp3) is 0.467. The maximum atomic E-state index is 11.7. The molecule has 1 aromatic rings. The second kappa shape index (κ2) is 5.87. The van der Waals surface area contributed by atoms with E-state index in [1.165, 1.54) is 0 Å². The first-order valence-electron chi connectivity index (χ1n) is 6.48. The van der Waals surface area contributed by atoms with Crippen molar-refractivity contribution >= 4 is 11.8 Å². The first kappa shape index (κ1) is 13.6. The molecule has 0 heterocycles. The van der Waals surface area contributed by atoms with E-state index >= 15 is 0 Å². The van der Waals surface area contributed by atoms with Gasteiger partial charge in [0.15, 0.2) is 0 Å². The molecule has 2 unspecified atom stereocenters. The summed E-state index contributed by atoms with van der Waals surface area (Å²) in [5.41, 5.74) is 0.948. The summed E-state index contributed by atoms with van der Waals surface area (Å²) in [6, 6.07) is 7.55. The Bertz CT molecular complexity index is 481. The van der Waals surface area contributed by atoms with Crippen LogP contribution in [0.1, 0.15) is 37.2 Å². The highest BCUT2D eigenvalue weighted by atomic mass is 16.5. The van der Waals surface area contributed by atoms with Gasteiger partial charge in [-0.3, -0.25) is 9.59 Å². The van der Waals surface area contributed by atoms with Crippen LogP contribution in [0.4, 0.5) is 0 Å². The van der Waals surface area contributed by atoms with Crippen molar-refractivity contribution in [1.29, 1.82) is 0 Å². The number of carboxylic acid groups (broad SMARTS) is 1. The monoisotopic (exact) mass is 262 g/mol. The summed E-state index contributed by atoms with van der Waals surface area (Å²) in [6.45, 7) is 0. The Balaban J connectivity index is 2.30. The zero-order valence-corrected chi connectivity index (χ0v) is 11.0. The largest absolute Gasteiger partial charge is 0.496 e. The number of hydrogen-bond donors (Lipinski definition) is 1. The number of hydrogen-bond acceptors (Lipinski definition) is 3. The molecule has 4 nitrogen and oxygen atoms in total. The van der Waals surface area contributed by atoms with Crippen LogP contribution in [0, 0.1) is 5.92 Å². The van der Waals surface area contributed by atoms with E-state index in [-0.39, 0.29) is 24.0 Å². The highest BCUT2D eigenvalue weighted by Crippen LogP contribution is 2.41. The maximum absolute atomic E-state index is 11.7. The molecule has 102 valence electrons. The normalized spacial score (nSPS) is 23.1. The second-order valence-electron chi connectivity index (χ2n) is 4.99. The van der Waals surface area contributed by atoms with Gasteiger partial charge in [-0.2, -0.15) is 0 Å². The van der Waals surface area contributed by atoms with E-state index in [9.17, 15) is 9.59 Å². The lowest BCUT2D eigenvalue weighted by molar-refractivity contribution is -0.139. The van der Waals surface area contributed by atoms with Gasteiger partial charge >= 0.3 is 5.97 Å². The van der Waals surface area contributed by atoms with Crippen LogP contribution in [0.25, 0.3) is 0 Å². The first-order valence-corrected chi connectivity index (χ1v) is 6.48. The summed E-state index contributed by atoms with van der Waals surface area (Å²) in [5, 5.41) is 9.01. The molecule has 0 radical (unpaired) electrons. The van der Waals surface area contributed by atoms with E-state index in [2.05, 4.69) is 0 Å². The first-order chi connectivity index (χ1) is 9.11. The van der Waals surface area contributed by atoms with Crippen molar-refractivity contribution in [2.75, 3.05) is 7.11 Å². The number of para-hydroxylation sites is 1. The minimum Gasteiger partial charge on any atom is -0.496 e. The van der Waals surface area contributed by atoms with E-state index in [4.69, 9.17) is 9.84 Å². The number of ketones is 1. The molecule has 0 bridgehead atoms. The zero-order valence-electron chi connectivity index (χ0n) is 11.0. The molecule has 0 amide bonds. The van der Waals surface area contributed by atoms with Crippen LogP contribution in [-0.4, -0.2) is 24.0 Å². The molecule has 0 aromatic heterocycles. The average molecular weight is 262 g/mol. The number of Topliss-reactive ketones (excluding diaryl/α,β-unsaturated/α-hetero) is 1. The summed E-state index contributed by atoms with van der Waals surface area (Å²) in [6.07, 6.45) is 1.66. The van der Waals surface area contributed by atoms with Gasteiger partial charge in [-0.25, -0.2) is 0 Å². The summed E-state index contributed by atoms with van der Waals surface area (Å²) >= 11 is 0. The SMILES string of the molecule is COc1ccccc1C1CC(=O)CCC1CC(=O)O. The zero-order chi connectivity index (χ0) is 13.8. The van der Waals surface area contributed by atoms with Gasteiger partial charge in [0.05, 0.1) is 7.11 Å². The smallest absolute Gasteiger partial charge is 0.303 e. The molecule has 0 spiro atoms. The molecule has 2 rings (SSSR count). The Morgan fingerprint density at radius 3 is 2.84 bits per heavy atom. The average Bonchev–Trinajstić information content (AvgIpc) is 2.40.